The quantitative estimate of drug-likeness (QED) is 0.715. The molecule has 0 atom stereocenters. The van der Waals surface area contributed by atoms with Gasteiger partial charge in [0.05, 0.1) is 11.5 Å². The molecule has 1 aromatic heterocycles. The third-order valence-corrected chi connectivity index (χ3v) is 5.65. The fourth-order valence-corrected chi connectivity index (χ4v) is 3.69. The summed E-state index contributed by atoms with van der Waals surface area (Å²) in [4.78, 5) is 28.8. The van der Waals surface area contributed by atoms with Crippen molar-refractivity contribution in [3.05, 3.63) is 35.6 Å². The van der Waals surface area contributed by atoms with Crippen molar-refractivity contribution in [2.75, 3.05) is 60.3 Å². The lowest BCUT2D eigenvalue weighted by molar-refractivity contribution is -0.114. The van der Waals surface area contributed by atoms with Crippen LogP contribution in [0.1, 0.15) is 11.3 Å². The second kappa shape index (κ2) is 9.80. The predicted octanol–water partition coefficient (Wildman–Crippen LogP) is 2.35. The van der Waals surface area contributed by atoms with E-state index in [1.54, 1.807) is 13.0 Å². The smallest absolute Gasteiger partial charge is 0.235 e. The number of hydrogen-bond acceptors (Lipinski definition) is 7. The van der Waals surface area contributed by atoms with Crippen LogP contribution in [0.4, 0.5) is 17.2 Å². The number of aryl methyl sites for hydroxylation is 2. The molecule has 1 aromatic carbocycles. The van der Waals surface area contributed by atoms with Crippen molar-refractivity contribution in [3.8, 4) is 0 Å². The minimum atomic E-state index is -0.219. The number of rotatable bonds is 7. The highest BCUT2D eigenvalue weighted by Gasteiger charge is 2.15. The summed E-state index contributed by atoms with van der Waals surface area (Å²) in [7, 11) is 2.14. The average Bonchev–Trinajstić information content (AvgIpc) is 3.08. The van der Waals surface area contributed by atoms with Gasteiger partial charge in [-0.05, 0) is 44.7 Å². The van der Waals surface area contributed by atoms with E-state index in [9.17, 15) is 9.59 Å². The van der Waals surface area contributed by atoms with Gasteiger partial charge in [0, 0.05) is 43.6 Å². The Kier molecular flexibility index (Phi) is 7.16. The van der Waals surface area contributed by atoms with Crippen molar-refractivity contribution in [2.24, 2.45) is 0 Å². The maximum atomic E-state index is 12.2. The number of aromatic nitrogens is 1. The Labute approximate surface area is 175 Å². The molecule has 1 saturated heterocycles. The maximum absolute atomic E-state index is 12.2. The summed E-state index contributed by atoms with van der Waals surface area (Å²) in [6.45, 7) is 7.87. The van der Waals surface area contributed by atoms with Crippen LogP contribution in [0.15, 0.2) is 28.8 Å². The number of anilines is 3. The maximum Gasteiger partial charge on any atom is 0.235 e. The van der Waals surface area contributed by atoms with Gasteiger partial charge in [0.1, 0.15) is 5.76 Å². The van der Waals surface area contributed by atoms with Gasteiger partial charge in [0.2, 0.25) is 11.8 Å². The fraction of sp³-hybridized carbons (Fsp3) is 0.450. The fourth-order valence-electron chi connectivity index (χ4n) is 3.08. The molecule has 3 rings (SSSR count). The number of hydrogen-bond donors (Lipinski definition) is 2. The second-order valence-corrected chi connectivity index (χ2v) is 8.19. The van der Waals surface area contributed by atoms with Crippen molar-refractivity contribution in [1.29, 1.82) is 0 Å². The number of nitrogens with zero attached hydrogens (tertiary/aromatic N) is 3. The van der Waals surface area contributed by atoms with E-state index < -0.39 is 0 Å². The summed E-state index contributed by atoms with van der Waals surface area (Å²) in [5, 5.41) is 9.27. The van der Waals surface area contributed by atoms with Crippen LogP contribution >= 0.6 is 11.8 Å². The molecule has 1 aliphatic heterocycles. The Morgan fingerprint density at radius 3 is 2.38 bits per heavy atom. The van der Waals surface area contributed by atoms with Crippen LogP contribution in [0.25, 0.3) is 0 Å². The first-order valence-corrected chi connectivity index (χ1v) is 10.7. The molecule has 1 aliphatic rings. The van der Waals surface area contributed by atoms with Crippen LogP contribution < -0.4 is 15.5 Å². The first-order chi connectivity index (χ1) is 13.9. The van der Waals surface area contributed by atoms with Gasteiger partial charge in [-0.2, -0.15) is 0 Å². The Balaban J connectivity index is 1.43. The lowest BCUT2D eigenvalue weighted by Gasteiger charge is -2.34. The van der Waals surface area contributed by atoms with Crippen LogP contribution in [0.3, 0.4) is 0 Å². The molecule has 9 heteroatoms. The Hall–Kier alpha value is -2.52. The number of benzene rings is 1. The number of thioether (sulfide) groups is 1. The van der Waals surface area contributed by atoms with Gasteiger partial charge in [-0.25, -0.2) is 0 Å². The molecule has 156 valence electrons. The number of carbonyl (C=O) groups is 2. The summed E-state index contributed by atoms with van der Waals surface area (Å²) < 4.78 is 4.90. The molecule has 0 unspecified atom stereocenters. The lowest BCUT2D eigenvalue weighted by Crippen LogP contribution is -2.44. The van der Waals surface area contributed by atoms with Crippen molar-refractivity contribution in [1.82, 2.24) is 10.1 Å². The van der Waals surface area contributed by atoms with Gasteiger partial charge in [-0.15, -0.1) is 11.8 Å². The van der Waals surface area contributed by atoms with E-state index in [1.165, 1.54) is 17.4 Å². The Morgan fingerprint density at radius 2 is 1.76 bits per heavy atom. The van der Waals surface area contributed by atoms with E-state index in [0.29, 0.717) is 11.6 Å². The standard InChI is InChI=1S/C20H27N5O3S/c1-14-10-16(25-8-6-24(3)7-9-25)4-5-17(14)21-19(26)12-29-13-20(27)22-18-11-15(2)28-23-18/h4-5,10-11H,6-9,12-13H2,1-3H3,(H,21,26)(H,22,23,27). The molecule has 0 spiro atoms. The first-order valence-electron chi connectivity index (χ1n) is 9.55. The normalized spacial score (nSPS) is 14.7. The molecular formula is C20H27N5O3S. The summed E-state index contributed by atoms with van der Waals surface area (Å²) in [6, 6.07) is 7.75. The van der Waals surface area contributed by atoms with Gasteiger partial charge >= 0.3 is 0 Å². The van der Waals surface area contributed by atoms with Gasteiger partial charge in [-0.1, -0.05) is 5.16 Å². The number of likely N-dealkylation sites (N-methyl/N-ethyl adjacent to an activating group) is 1. The van der Waals surface area contributed by atoms with E-state index in [2.05, 4.69) is 44.8 Å². The minimum Gasteiger partial charge on any atom is -0.369 e. The van der Waals surface area contributed by atoms with Crippen LogP contribution in [0, 0.1) is 13.8 Å². The summed E-state index contributed by atoms with van der Waals surface area (Å²) in [5.74, 6) is 1.03. The molecular weight excluding hydrogens is 390 g/mol. The van der Waals surface area contributed by atoms with Gasteiger partial charge in [0.15, 0.2) is 5.82 Å². The Bertz CT molecular complexity index is 862. The molecule has 0 radical (unpaired) electrons. The molecule has 0 saturated carbocycles. The highest BCUT2D eigenvalue weighted by atomic mass is 32.2. The van der Waals surface area contributed by atoms with Crippen LogP contribution in [-0.2, 0) is 9.59 Å². The van der Waals surface area contributed by atoms with Crippen molar-refractivity contribution >= 4 is 40.8 Å². The molecule has 2 N–H and O–H groups in total. The molecule has 2 aromatic rings. The largest absolute Gasteiger partial charge is 0.369 e. The van der Waals surface area contributed by atoms with Crippen LogP contribution in [0.5, 0.6) is 0 Å². The third kappa shape index (κ3) is 6.23. The van der Waals surface area contributed by atoms with Crippen LogP contribution in [0.2, 0.25) is 0 Å². The average molecular weight is 418 g/mol. The van der Waals surface area contributed by atoms with E-state index in [1.807, 2.05) is 13.0 Å². The predicted molar refractivity (Wildman–Crippen MR) is 117 cm³/mol. The van der Waals surface area contributed by atoms with Gasteiger partial charge in [-0.3, -0.25) is 9.59 Å². The number of amides is 2. The first kappa shape index (κ1) is 21.2. The highest BCUT2D eigenvalue weighted by molar-refractivity contribution is 8.00. The number of nitrogens with one attached hydrogen (secondary N) is 2. The summed E-state index contributed by atoms with van der Waals surface area (Å²) in [5.41, 5.74) is 3.01. The Morgan fingerprint density at radius 1 is 1.07 bits per heavy atom. The zero-order chi connectivity index (χ0) is 20.8. The topological polar surface area (TPSA) is 90.7 Å². The molecule has 0 aliphatic carbocycles. The van der Waals surface area contributed by atoms with Crippen molar-refractivity contribution in [2.45, 2.75) is 13.8 Å². The van der Waals surface area contributed by atoms with E-state index in [-0.39, 0.29) is 23.3 Å². The van der Waals surface area contributed by atoms with Crippen LogP contribution in [-0.4, -0.2) is 66.6 Å². The lowest BCUT2D eigenvalue weighted by atomic mass is 10.1. The zero-order valence-electron chi connectivity index (χ0n) is 17.0. The molecule has 2 amide bonds. The molecule has 8 nitrogen and oxygen atoms in total. The minimum absolute atomic E-state index is 0.129. The SMILES string of the molecule is Cc1cc(NC(=O)CSCC(=O)Nc2ccc(N3CCN(C)CC3)cc2C)no1. The molecule has 2 heterocycles. The zero-order valence-corrected chi connectivity index (χ0v) is 17.8. The van der Waals surface area contributed by atoms with E-state index in [4.69, 9.17) is 4.52 Å². The molecule has 1 fully saturated rings. The van der Waals surface area contributed by atoms with E-state index >= 15 is 0 Å². The molecule has 0 bridgehead atoms. The monoisotopic (exact) mass is 417 g/mol. The summed E-state index contributed by atoms with van der Waals surface area (Å²) in [6.07, 6.45) is 0. The van der Waals surface area contributed by atoms with Crippen molar-refractivity contribution < 1.29 is 14.1 Å². The van der Waals surface area contributed by atoms with Crippen molar-refractivity contribution in [3.63, 3.8) is 0 Å². The molecule has 29 heavy (non-hydrogen) atoms. The van der Waals surface area contributed by atoms with Gasteiger partial charge in [0.25, 0.3) is 0 Å². The summed E-state index contributed by atoms with van der Waals surface area (Å²) >= 11 is 1.25. The van der Waals surface area contributed by atoms with Gasteiger partial charge < -0.3 is 25.0 Å². The van der Waals surface area contributed by atoms with E-state index in [0.717, 1.165) is 37.4 Å². The number of carbonyl (C=O) groups excluding carboxylic acids is 2. The highest BCUT2D eigenvalue weighted by Crippen LogP contribution is 2.24. The number of piperazine rings is 1. The third-order valence-electron chi connectivity index (χ3n) is 4.71. The second-order valence-electron chi connectivity index (χ2n) is 7.20.